The van der Waals surface area contributed by atoms with E-state index in [-0.39, 0.29) is 17.4 Å². The molecule has 2 aromatic carbocycles. The van der Waals surface area contributed by atoms with Crippen LogP contribution >= 0.6 is 0 Å². The number of aryl methyl sites for hydroxylation is 1. The van der Waals surface area contributed by atoms with Gasteiger partial charge in [0, 0.05) is 12.2 Å². The van der Waals surface area contributed by atoms with E-state index < -0.39 is 0 Å². The number of halogens is 1. The Bertz CT molecular complexity index is 895. The Hall–Kier alpha value is -3.28. The molecule has 0 saturated heterocycles. The molecule has 1 amide bonds. The number of benzene rings is 2. The molecular formula is C21H21FN4O. The molecule has 0 atom stereocenters. The van der Waals surface area contributed by atoms with Crippen LogP contribution in [0.5, 0.6) is 0 Å². The van der Waals surface area contributed by atoms with Crippen molar-refractivity contribution in [2.45, 2.75) is 19.8 Å². The van der Waals surface area contributed by atoms with Crippen LogP contribution in [0, 0.1) is 5.82 Å². The maximum Gasteiger partial charge on any atom is 0.275 e. The van der Waals surface area contributed by atoms with Gasteiger partial charge in [0.2, 0.25) is 0 Å². The summed E-state index contributed by atoms with van der Waals surface area (Å²) in [5, 5.41) is 5.87. The minimum absolute atomic E-state index is 0.218. The van der Waals surface area contributed by atoms with Gasteiger partial charge < -0.3 is 10.6 Å². The maximum atomic E-state index is 13.6. The fourth-order valence-electron chi connectivity index (χ4n) is 2.58. The van der Waals surface area contributed by atoms with E-state index in [1.54, 1.807) is 18.2 Å². The zero-order valence-corrected chi connectivity index (χ0v) is 15.1. The van der Waals surface area contributed by atoms with E-state index in [2.05, 4.69) is 27.5 Å². The van der Waals surface area contributed by atoms with Crippen LogP contribution in [-0.4, -0.2) is 22.4 Å². The number of hydrogen-bond acceptors (Lipinski definition) is 4. The molecule has 3 aromatic rings. The molecule has 0 aliphatic heterocycles. The molecule has 2 N–H and O–H groups in total. The third-order valence-electron chi connectivity index (χ3n) is 4.16. The van der Waals surface area contributed by atoms with Crippen molar-refractivity contribution >= 4 is 17.4 Å². The Morgan fingerprint density at radius 2 is 1.81 bits per heavy atom. The van der Waals surface area contributed by atoms with E-state index in [0.29, 0.717) is 30.0 Å². The predicted molar refractivity (Wildman–Crippen MR) is 104 cm³/mol. The largest absolute Gasteiger partial charge is 0.368 e. The molecule has 1 aromatic heterocycles. The lowest BCUT2D eigenvalue weighted by atomic mass is 10.1. The van der Waals surface area contributed by atoms with Gasteiger partial charge in [-0.15, -0.1) is 0 Å². The zero-order valence-electron chi connectivity index (χ0n) is 15.1. The summed E-state index contributed by atoms with van der Waals surface area (Å²) >= 11 is 0. The van der Waals surface area contributed by atoms with Gasteiger partial charge in [-0.3, -0.25) is 4.79 Å². The Morgan fingerprint density at radius 3 is 2.48 bits per heavy atom. The number of amides is 1. The third-order valence-corrected chi connectivity index (χ3v) is 4.16. The van der Waals surface area contributed by atoms with Crippen LogP contribution in [0.1, 0.15) is 28.5 Å². The molecule has 0 aliphatic carbocycles. The van der Waals surface area contributed by atoms with Crippen LogP contribution in [0.2, 0.25) is 0 Å². The van der Waals surface area contributed by atoms with Crippen molar-refractivity contribution in [3.63, 3.8) is 0 Å². The topological polar surface area (TPSA) is 66.9 Å². The number of nitrogens with one attached hydrogen (secondary N) is 2. The summed E-state index contributed by atoms with van der Waals surface area (Å²) < 4.78 is 13.6. The van der Waals surface area contributed by atoms with E-state index in [4.69, 9.17) is 0 Å². The van der Waals surface area contributed by atoms with Crippen LogP contribution in [-0.2, 0) is 12.8 Å². The number of aromatic nitrogens is 2. The molecule has 27 heavy (non-hydrogen) atoms. The first-order valence-electron chi connectivity index (χ1n) is 8.85. The van der Waals surface area contributed by atoms with Crippen molar-refractivity contribution in [3.8, 4) is 0 Å². The van der Waals surface area contributed by atoms with E-state index in [9.17, 15) is 9.18 Å². The Labute approximate surface area is 157 Å². The van der Waals surface area contributed by atoms with Gasteiger partial charge >= 0.3 is 0 Å². The van der Waals surface area contributed by atoms with Crippen LogP contribution < -0.4 is 10.6 Å². The number of carbonyl (C=O) groups excluding carboxylic acids is 1. The SMILES string of the molecule is CCc1ccc(NC(=O)c2cnc(NCCc3ccccc3F)cn2)cc1. The lowest BCUT2D eigenvalue weighted by Gasteiger charge is -2.08. The number of nitrogens with zero attached hydrogens (tertiary/aromatic N) is 2. The lowest BCUT2D eigenvalue weighted by Crippen LogP contribution is -2.15. The van der Waals surface area contributed by atoms with Crippen LogP contribution in [0.4, 0.5) is 15.9 Å². The van der Waals surface area contributed by atoms with Crippen molar-refractivity contribution in [1.29, 1.82) is 0 Å². The first-order chi connectivity index (χ1) is 13.2. The van der Waals surface area contributed by atoms with Gasteiger partial charge in [0.1, 0.15) is 17.3 Å². The molecule has 138 valence electrons. The summed E-state index contributed by atoms with van der Waals surface area (Å²) in [5.74, 6) is 0.00390. The van der Waals surface area contributed by atoms with E-state index in [1.807, 2.05) is 24.3 Å². The van der Waals surface area contributed by atoms with Gasteiger partial charge in [-0.2, -0.15) is 0 Å². The van der Waals surface area contributed by atoms with Crippen LogP contribution in [0.15, 0.2) is 60.9 Å². The van der Waals surface area contributed by atoms with E-state index in [0.717, 1.165) is 6.42 Å². The summed E-state index contributed by atoms with van der Waals surface area (Å²) in [5.41, 5.74) is 2.79. The highest BCUT2D eigenvalue weighted by molar-refractivity contribution is 6.02. The van der Waals surface area contributed by atoms with Gasteiger partial charge in [-0.05, 0) is 42.2 Å². The normalized spacial score (nSPS) is 10.4. The second kappa shape index (κ2) is 8.89. The molecule has 5 nitrogen and oxygen atoms in total. The van der Waals surface area contributed by atoms with Crippen molar-refractivity contribution in [2.75, 3.05) is 17.2 Å². The Morgan fingerprint density at radius 1 is 1.04 bits per heavy atom. The van der Waals surface area contributed by atoms with Crippen molar-refractivity contribution < 1.29 is 9.18 Å². The molecule has 1 heterocycles. The number of hydrogen-bond donors (Lipinski definition) is 2. The zero-order chi connectivity index (χ0) is 19.1. The van der Waals surface area contributed by atoms with Gasteiger partial charge in [0.05, 0.1) is 12.4 Å². The standard InChI is InChI=1S/C21H21FN4O/c1-2-15-7-9-17(10-8-15)26-21(27)19-13-25-20(14-24-19)23-12-11-16-5-3-4-6-18(16)22/h3-10,13-14H,2,11-12H2,1H3,(H,23,25)(H,26,27). The summed E-state index contributed by atoms with van der Waals surface area (Å²) in [6.45, 7) is 2.60. The summed E-state index contributed by atoms with van der Waals surface area (Å²) in [7, 11) is 0. The van der Waals surface area contributed by atoms with Crippen LogP contribution in [0.25, 0.3) is 0 Å². The fraction of sp³-hybridized carbons (Fsp3) is 0.190. The minimum Gasteiger partial charge on any atom is -0.368 e. The maximum absolute atomic E-state index is 13.6. The first kappa shape index (κ1) is 18.5. The smallest absolute Gasteiger partial charge is 0.275 e. The van der Waals surface area contributed by atoms with E-state index in [1.165, 1.54) is 24.0 Å². The molecule has 0 radical (unpaired) electrons. The second-order valence-corrected chi connectivity index (χ2v) is 6.06. The second-order valence-electron chi connectivity index (χ2n) is 6.06. The molecule has 0 bridgehead atoms. The molecule has 0 spiro atoms. The van der Waals surface area contributed by atoms with Gasteiger partial charge in [-0.1, -0.05) is 37.3 Å². The third kappa shape index (κ3) is 5.10. The monoisotopic (exact) mass is 364 g/mol. The Balaban J connectivity index is 1.53. The minimum atomic E-state index is -0.315. The first-order valence-corrected chi connectivity index (χ1v) is 8.85. The fourth-order valence-corrected chi connectivity index (χ4v) is 2.58. The molecule has 0 saturated carbocycles. The van der Waals surface area contributed by atoms with Gasteiger partial charge in [0.15, 0.2) is 0 Å². The Kier molecular flexibility index (Phi) is 6.10. The highest BCUT2D eigenvalue weighted by Gasteiger charge is 2.09. The lowest BCUT2D eigenvalue weighted by molar-refractivity contribution is 0.102. The van der Waals surface area contributed by atoms with E-state index >= 15 is 0 Å². The summed E-state index contributed by atoms with van der Waals surface area (Å²) in [4.78, 5) is 20.6. The van der Waals surface area contributed by atoms with Gasteiger partial charge in [0.25, 0.3) is 5.91 Å². The number of carbonyl (C=O) groups is 1. The number of rotatable bonds is 7. The molecular weight excluding hydrogens is 343 g/mol. The van der Waals surface area contributed by atoms with Crippen molar-refractivity contribution in [3.05, 3.63) is 83.6 Å². The van der Waals surface area contributed by atoms with Crippen molar-refractivity contribution in [2.24, 2.45) is 0 Å². The molecule has 0 unspecified atom stereocenters. The molecule has 6 heteroatoms. The number of anilines is 2. The van der Waals surface area contributed by atoms with Crippen molar-refractivity contribution in [1.82, 2.24) is 9.97 Å². The average Bonchev–Trinajstić information content (AvgIpc) is 2.70. The molecule has 0 aliphatic rings. The highest BCUT2D eigenvalue weighted by Crippen LogP contribution is 2.12. The van der Waals surface area contributed by atoms with Gasteiger partial charge in [-0.25, -0.2) is 14.4 Å². The molecule has 3 rings (SSSR count). The highest BCUT2D eigenvalue weighted by atomic mass is 19.1. The van der Waals surface area contributed by atoms with Crippen LogP contribution in [0.3, 0.4) is 0 Å². The summed E-state index contributed by atoms with van der Waals surface area (Å²) in [6, 6.07) is 14.3. The average molecular weight is 364 g/mol. The summed E-state index contributed by atoms with van der Waals surface area (Å²) in [6.07, 6.45) is 4.40. The quantitative estimate of drug-likeness (QED) is 0.663. The molecule has 0 fully saturated rings. The predicted octanol–water partition coefficient (Wildman–Crippen LogP) is 4.09.